The highest BCUT2D eigenvalue weighted by Crippen LogP contribution is 2.31. The van der Waals surface area contributed by atoms with Crippen LogP contribution in [0.3, 0.4) is 0 Å². The van der Waals surface area contributed by atoms with Crippen LogP contribution in [-0.4, -0.2) is 53.9 Å². The van der Waals surface area contributed by atoms with E-state index in [0.717, 1.165) is 0 Å². The fraction of sp³-hybridized carbons (Fsp3) is 0.348. The normalized spacial score (nSPS) is 11.9. The maximum absolute atomic E-state index is 12.8. The van der Waals surface area contributed by atoms with Crippen LogP contribution >= 0.6 is 0 Å². The fourth-order valence-electron chi connectivity index (χ4n) is 3.66. The number of aliphatic carboxylic acids is 1. The number of aromatic amines is 1. The summed E-state index contributed by atoms with van der Waals surface area (Å²) in [6.07, 6.45) is 3.26. The van der Waals surface area contributed by atoms with Crippen molar-refractivity contribution in [2.24, 2.45) is 0 Å². The first kappa shape index (κ1) is 24.0. The second-order valence-electron chi connectivity index (χ2n) is 8.99. The third-order valence-electron chi connectivity index (χ3n) is 5.06. The molecule has 0 aliphatic heterocycles. The predicted molar refractivity (Wildman–Crippen MR) is 123 cm³/mol. The molecule has 0 aliphatic carbocycles. The lowest BCUT2D eigenvalue weighted by molar-refractivity contribution is -0.137. The van der Waals surface area contributed by atoms with Crippen molar-refractivity contribution < 1.29 is 28.2 Å². The Bertz CT molecular complexity index is 1410. The number of amides is 1. The van der Waals surface area contributed by atoms with Crippen molar-refractivity contribution in [1.29, 1.82) is 0 Å². The van der Waals surface area contributed by atoms with E-state index >= 15 is 0 Å². The van der Waals surface area contributed by atoms with Crippen LogP contribution in [0, 0.1) is 0 Å². The number of benzene rings is 1. The first-order valence-electron chi connectivity index (χ1n) is 10.9. The summed E-state index contributed by atoms with van der Waals surface area (Å²) in [6.45, 7) is 2.87. The second-order valence-corrected chi connectivity index (χ2v) is 8.99. The van der Waals surface area contributed by atoms with Crippen LogP contribution in [0.4, 0.5) is 8.78 Å². The van der Waals surface area contributed by atoms with E-state index in [1.54, 1.807) is 10.7 Å². The predicted octanol–water partition coefficient (Wildman–Crippen LogP) is 3.97. The van der Waals surface area contributed by atoms with Crippen LogP contribution in [0.2, 0.25) is 0 Å². The fourth-order valence-corrected chi connectivity index (χ4v) is 3.66. The Morgan fingerprint density at radius 1 is 1.29 bits per heavy atom. The van der Waals surface area contributed by atoms with E-state index in [2.05, 4.69) is 30.1 Å². The first-order chi connectivity index (χ1) is 16.5. The molecule has 4 aromatic rings. The molecular weight excluding hydrogens is 462 g/mol. The van der Waals surface area contributed by atoms with Gasteiger partial charge in [-0.3, -0.25) is 14.3 Å². The largest absolute Gasteiger partial charge is 0.481 e. The number of rotatable bonds is 8. The number of carboxylic acid groups (broad SMARTS) is 1. The third kappa shape index (κ3) is 5.36. The number of nitrogens with one attached hydrogen (secondary N) is 2. The summed E-state index contributed by atoms with van der Waals surface area (Å²) >= 11 is 0. The lowest BCUT2D eigenvalue weighted by Gasteiger charge is -2.19. The average Bonchev–Trinajstić information content (AvgIpc) is 3.33. The van der Waals surface area contributed by atoms with Gasteiger partial charge in [-0.2, -0.15) is 13.9 Å². The molecule has 0 fully saturated rings. The van der Waals surface area contributed by atoms with Crippen LogP contribution in [0.25, 0.3) is 33.5 Å². The van der Waals surface area contributed by atoms with Crippen molar-refractivity contribution in [3.63, 3.8) is 0 Å². The Kier molecular flexibility index (Phi) is 6.37. The molecule has 0 saturated carbocycles. The Labute approximate surface area is 198 Å². The van der Waals surface area contributed by atoms with Crippen molar-refractivity contribution in [1.82, 2.24) is 30.0 Å². The Morgan fingerprint density at radius 2 is 2.06 bits per heavy atom. The maximum atomic E-state index is 12.8. The number of aromatic nitrogens is 5. The monoisotopic (exact) mass is 486 g/mol. The number of carbonyl (C=O) groups excluding carboxylic acids is 1. The lowest BCUT2D eigenvalue weighted by atomic mass is 10.1. The number of nitrogens with zero attached hydrogens (tertiary/aromatic N) is 4. The van der Waals surface area contributed by atoms with Gasteiger partial charge in [-0.1, -0.05) is 0 Å². The van der Waals surface area contributed by atoms with Crippen molar-refractivity contribution in [3.8, 4) is 17.1 Å². The highest BCUT2D eigenvalue weighted by Gasteiger charge is 2.22. The van der Waals surface area contributed by atoms with Crippen molar-refractivity contribution in [2.45, 2.75) is 52.3 Å². The zero-order chi connectivity index (χ0) is 25.3. The lowest BCUT2D eigenvalue weighted by Crippen LogP contribution is -2.40. The van der Waals surface area contributed by atoms with Gasteiger partial charge in [-0.25, -0.2) is 9.97 Å². The first-order valence-corrected chi connectivity index (χ1v) is 10.9. The van der Waals surface area contributed by atoms with E-state index < -0.39 is 18.1 Å². The second kappa shape index (κ2) is 9.28. The topological polar surface area (TPSA) is 135 Å². The maximum Gasteiger partial charge on any atom is 0.387 e. The molecule has 12 heteroatoms. The quantitative estimate of drug-likeness (QED) is 0.343. The number of carbonyl (C=O) groups is 2. The molecule has 184 valence electrons. The molecule has 1 amide bonds. The summed E-state index contributed by atoms with van der Waals surface area (Å²) in [5.74, 6) is -1.31. The van der Waals surface area contributed by atoms with Crippen molar-refractivity contribution >= 4 is 33.9 Å². The van der Waals surface area contributed by atoms with Gasteiger partial charge in [0.15, 0.2) is 5.65 Å². The number of alkyl halides is 2. The standard InChI is InChI=1S/C23H24F2N6O4/c1-23(2,3)29-21(34)14-10-26-20-19(14)28-15(11-27-20)18-13-9-12(35-22(24)25)6-7-16(13)31(30-18)8-4-5-17(32)33/h6-7,9-11,22H,4-5,8H2,1-3H3,(H,26,27)(H,29,34)(H,32,33). The van der Waals surface area contributed by atoms with Crippen LogP contribution in [0.15, 0.2) is 30.6 Å². The number of hydrogen-bond donors (Lipinski definition) is 3. The van der Waals surface area contributed by atoms with Gasteiger partial charge in [-0.05, 0) is 45.4 Å². The number of hydrogen-bond acceptors (Lipinski definition) is 6. The smallest absolute Gasteiger partial charge is 0.387 e. The van der Waals surface area contributed by atoms with E-state index in [4.69, 9.17) is 5.11 Å². The molecule has 4 rings (SSSR count). The van der Waals surface area contributed by atoms with Crippen LogP contribution < -0.4 is 10.1 Å². The molecule has 3 N–H and O–H groups in total. The minimum atomic E-state index is -3.00. The Hall–Kier alpha value is -4.09. The highest BCUT2D eigenvalue weighted by molar-refractivity contribution is 6.05. The summed E-state index contributed by atoms with van der Waals surface area (Å²) in [7, 11) is 0. The number of carboxylic acids is 1. The van der Waals surface area contributed by atoms with Crippen LogP contribution in [0.1, 0.15) is 44.0 Å². The highest BCUT2D eigenvalue weighted by atomic mass is 19.3. The molecule has 0 saturated heterocycles. The molecule has 0 radical (unpaired) electrons. The Balaban J connectivity index is 1.80. The van der Waals surface area contributed by atoms with Gasteiger partial charge in [0.25, 0.3) is 5.91 Å². The van der Waals surface area contributed by atoms with Gasteiger partial charge in [0.05, 0.1) is 17.3 Å². The molecule has 0 unspecified atom stereocenters. The van der Waals surface area contributed by atoms with Gasteiger partial charge < -0.3 is 20.1 Å². The minimum Gasteiger partial charge on any atom is -0.481 e. The number of halogens is 2. The number of H-pyrrole nitrogens is 1. The minimum absolute atomic E-state index is 0.0510. The van der Waals surface area contributed by atoms with Crippen LogP contribution in [0.5, 0.6) is 5.75 Å². The molecule has 35 heavy (non-hydrogen) atoms. The average molecular weight is 486 g/mol. The summed E-state index contributed by atoms with van der Waals surface area (Å²) in [6, 6.07) is 4.39. The molecule has 10 nitrogen and oxygen atoms in total. The van der Waals surface area contributed by atoms with Gasteiger partial charge in [0.2, 0.25) is 0 Å². The molecular formula is C23H24F2N6O4. The molecule has 3 aromatic heterocycles. The molecule has 0 spiro atoms. The molecule has 0 bridgehead atoms. The number of ether oxygens (including phenoxy) is 1. The van der Waals surface area contributed by atoms with Gasteiger partial charge >= 0.3 is 12.6 Å². The van der Waals surface area contributed by atoms with Crippen LogP contribution in [-0.2, 0) is 11.3 Å². The molecule has 3 heterocycles. The third-order valence-corrected chi connectivity index (χ3v) is 5.06. The summed E-state index contributed by atoms with van der Waals surface area (Å²) in [4.78, 5) is 35.6. The zero-order valence-electron chi connectivity index (χ0n) is 19.3. The molecule has 0 atom stereocenters. The number of aryl methyl sites for hydroxylation is 1. The summed E-state index contributed by atoms with van der Waals surface area (Å²) < 4.78 is 31.8. The summed E-state index contributed by atoms with van der Waals surface area (Å²) in [5, 5.41) is 16.9. The van der Waals surface area contributed by atoms with Crippen molar-refractivity contribution in [3.05, 3.63) is 36.2 Å². The number of fused-ring (bicyclic) bond motifs is 2. The van der Waals surface area contributed by atoms with Gasteiger partial charge in [-0.15, -0.1) is 0 Å². The molecule has 0 aliphatic rings. The van der Waals surface area contributed by atoms with Gasteiger partial charge in [0, 0.05) is 30.1 Å². The summed E-state index contributed by atoms with van der Waals surface area (Å²) in [5.41, 5.74) is 1.82. The Morgan fingerprint density at radius 3 is 2.74 bits per heavy atom. The van der Waals surface area contributed by atoms with E-state index in [-0.39, 0.29) is 24.6 Å². The molecule has 1 aromatic carbocycles. The SMILES string of the molecule is CC(C)(C)NC(=O)c1c[nH]c2ncc(-c3nn(CCCC(=O)O)c4ccc(OC(F)F)cc34)nc12. The van der Waals surface area contributed by atoms with E-state index in [1.807, 2.05) is 20.8 Å². The van der Waals surface area contributed by atoms with E-state index in [9.17, 15) is 18.4 Å². The zero-order valence-corrected chi connectivity index (χ0v) is 19.3. The van der Waals surface area contributed by atoms with Gasteiger partial charge in [0.1, 0.15) is 22.7 Å². The van der Waals surface area contributed by atoms with Crippen molar-refractivity contribution in [2.75, 3.05) is 0 Å². The van der Waals surface area contributed by atoms with E-state index in [1.165, 1.54) is 24.5 Å². The van der Waals surface area contributed by atoms with E-state index in [0.29, 0.717) is 45.4 Å².